The smallest absolute Gasteiger partial charge is 0.460 e. The molecule has 1 aromatic heterocycles. The Balaban J connectivity index is 2.70. The lowest BCUT2D eigenvalue weighted by atomic mass is 9.99. The highest BCUT2D eigenvalue weighted by Gasteiger charge is 2.76. The zero-order chi connectivity index (χ0) is 20.1. The summed E-state index contributed by atoms with van der Waals surface area (Å²) in [5, 5.41) is 9.26. The number of methoxy groups -OCH3 is 1. The fourth-order valence-corrected chi connectivity index (χ4v) is 1.97. The van der Waals surface area contributed by atoms with Crippen LogP contribution in [0.4, 0.5) is 30.7 Å². The maximum absolute atomic E-state index is 13.5. The number of hydrogen-bond donors (Lipinski definition) is 1. The van der Waals surface area contributed by atoms with Crippen molar-refractivity contribution < 1.29 is 49.8 Å². The van der Waals surface area contributed by atoms with Crippen molar-refractivity contribution in [2.45, 2.75) is 18.0 Å². The Hall–Kier alpha value is -2.79. The number of carbonyl (C=O) groups is 1. The zero-order valence-corrected chi connectivity index (χ0v) is 12.5. The molecule has 0 aliphatic rings. The first-order valence-corrected chi connectivity index (χ1v) is 6.46. The van der Waals surface area contributed by atoms with Gasteiger partial charge in [-0.2, -0.15) is 30.7 Å². The Morgan fingerprint density at radius 1 is 1.12 bits per heavy atom. The molecule has 0 saturated heterocycles. The van der Waals surface area contributed by atoms with Crippen molar-refractivity contribution in [2.24, 2.45) is 0 Å². The van der Waals surface area contributed by atoms with Crippen LogP contribution in [0.1, 0.15) is 10.4 Å². The molecule has 5 nitrogen and oxygen atoms in total. The topological polar surface area (TPSA) is 76.7 Å². The van der Waals surface area contributed by atoms with Crippen molar-refractivity contribution in [1.82, 2.24) is 0 Å². The summed E-state index contributed by atoms with van der Waals surface area (Å²) in [6.45, 7) is 0. The minimum Gasteiger partial charge on any atom is -0.506 e. The third-order valence-corrected chi connectivity index (χ3v) is 3.35. The molecule has 2 aromatic rings. The van der Waals surface area contributed by atoms with Gasteiger partial charge in [0.15, 0.2) is 5.56 Å². The Kier molecular flexibility index (Phi) is 4.42. The van der Waals surface area contributed by atoms with E-state index in [0.29, 0.717) is 0 Å². The molecule has 1 N–H and O–H groups in total. The molecule has 0 amide bonds. The molecule has 0 bridgehead atoms. The van der Waals surface area contributed by atoms with E-state index in [0.717, 1.165) is 18.2 Å². The summed E-state index contributed by atoms with van der Waals surface area (Å²) in [4.78, 5) is 23.3. The van der Waals surface area contributed by atoms with Crippen LogP contribution in [0.2, 0.25) is 0 Å². The van der Waals surface area contributed by atoms with Gasteiger partial charge in [-0.3, -0.25) is 4.79 Å². The fourth-order valence-electron chi connectivity index (χ4n) is 1.97. The number of halogens is 7. The van der Waals surface area contributed by atoms with Gasteiger partial charge in [0.2, 0.25) is 5.78 Å². The second-order valence-electron chi connectivity index (χ2n) is 4.95. The van der Waals surface area contributed by atoms with E-state index >= 15 is 0 Å². The van der Waals surface area contributed by atoms with Gasteiger partial charge in [-0.25, -0.2) is 4.79 Å². The van der Waals surface area contributed by atoms with Gasteiger partial charge in [0, 0.05) is 6.07 Å². The normalized spacial score (nSPS) is 13.1. The van der Waals surface area contributed by atoms with Gasteiger partial charge in [0.1, 0.15) is 17.1 Å². The van der Waals surface area contributed by atoms with Crippen LogP contribution in [-0.4, -0.2) is 36.0 Å². The van der Waals surface area contributed by atoms with Crippen molar-refractivity contribution in [2.75, 3.05) is 7.11 Å². The molecule has 1 heterocycles. The molecule has 1 aromatic carbocycles. The minimum absolute atomic E-state index is 0.0769. The number of ether oxygens (including phenoxy) is 1. The Morgan fingerprint density at radius 2 is 1.69 bits per heavy atom. The molecule has 0 saturated carbocycles. The molecule has 0 spiro atoms. The number of alkyl halides is 7. The second-order valence-corrected chi connectivity index (χ2v) is 4.95. The molecular weight excluding hydrogens is 381 g/mol. The van der Waals surface area contributed by atoms with E-state index in [1.807, 2.05) is 0 Å². The number of aromatic hydroxyl groups is 1. The highest BCUT2D eigenvalue weighted by molar-refractivity contribution is 6.07. The largest absolute Gasteiger partial charge is 0.506 e. The number of rotatable bonds is 4. The average molecular weight is 388 g/mol. The van der Waals surface area contributed by atoms with E-state index in [4.69, 9.17) is 4.74 Å². The first-order chi connectivity index (χ1) is 11.8. The Morgan fingerprint density at radius 3 is 2.19 bits per heavy atom. The maximum atomic E-state index is 13.5. The molecule has 0 aliphatic carbocycles. The number of carbonyl (C=O) groups excluding carboxylic acids is 1. The van der Waals surface area contributed by atoms with Gasteiger partial charge in [-0.05, 0) is 12.1 Å². The molecule has 0 fully saturated rings. The van der Waals surface area contributed by atoms with Crippen LogP contribution in [0.25, 0.3) is 11.0 Å². The van der Waals surface area contributed by atoms with E-state index < -0.39 is 51.7 Å². The quantitative estimate of drug-likeness (QED) is 0.493. The van der Waals surface area contributed by atoms with E-state index in [2.05, 4.69) is 4.42 Å². The number of Topliss-reactive ketones (excluding diaryl/α,β-unsaturated/α-hetero) is 1. The van der Waals surface area contributed by atoms with Gasteiger partial charge in [-0.1, -0.05) is 0 Å². The molecule has 2 rings (SSSR count). The summed E-state index contributed by atoms with van der Waals surface area (Å²) in [5.74, 6) is -17.8. The summed E-state index contributed by atoms with van der Waals surface area (Å²) >= 11 is 0. The number of ketones is 1. The Bertz CT molecular complexity index is 930. The monoisotopic (exact) mass is 388 g/mol. The molecule has 142 valence electrons. The lowest BCUT2D eigenvalue weighted by Gasteiger charge is -2.26. The highest BCUT2D eigenvalue weighted by atomic mass is 19.4. The summed E-state index contributed by atoms with van der Waals surface area (Å²) < 4.78 is 98.8. The van der Waals surface area contributed by atoms with Crippen LogP contribution < -0.4 is 10.4 Å². The lowest BCUT2D eigenvalue weighted by molar-refractivity contribution is -0.339. The summed E-state index contributed by atoms with van der Waals surface area (Å²) in [6.07, 6.45) is -6.79. The second kappa shape index (κ2) is 5.88. The third kappa shape index (κ3) is 2.74. The first-order valence-electron chi connectivity index (χ1n) is 6.46. The van der Waals surface area contributed by atoms with Crippen LogP contribution in [0.3, 0.4) is 0 Å². The first kappa shape index (κ1) is 19.5. The highest BCUT2D eigenvalue weighted by Crippen LogP contribution is 2.48. The van der Waals surface area contributed by atoms with Crippen molar-refractivity contribution in [1.29, 1.82) is 0 Å². The number of benzene rings is 1. The Labute approximate surface area is 138 Å². The molecule has 12 heteroatoms. The number of hydrogen-bond acceptors (Lipinski definition) is 5. The zero-order valence-electron chi connectivity index (χ0n) is 12.5. The van der Waals surface area contributed by atoms with Crippen LogP contribution in [0.15, 0.2) is 27.4 Å². The summed E-state index contributed by atoms with van der Waals surface area (Å²) in [5.41, 5.74) is -4.53. The van der Waals surface area contributed by atoms with Gasteiger partial charge in [0.05, 0.1) is 12.5 Å². The number of fused-ring (bicyclic) bond motifs is 1. The van der Waals surface area contributed by atoms with Crippen LogP contribution in [0, 0.1) is 0 Å². The molecule has 0 radical (unpaired) electrons. The standard InChI is InChI=1S/C14H7F7O5/c1-25-5-2-3-6-7(4-5)26-11(24)8(9(6)22)10(23)12(15,16)13(17,18)14(19,20)21/h2-4,22H,1H3. The third-order valence-electron chi connectivity index (χ3n) is 3.35. The maximum Gasteiger partial charge on any atom is 0.460 e. The van der Waals surface area contributed by atoms with Gasteiger partial charge < -0.3 is 14.3 Å². The predicted molar refractivity (Wildman–Crippen MR) is 71.0 cm³/mol. The minimum atomic E-state index is -6.79. The molecule has 0 atom stereocenters. The molecule has 0 unspecified atom stereocenters. The van der Waals surface area contributed by atoms with Crippen LogP contribution in [-0.2, 0) is 0 Å². The lowest BCUT2D eigenvalue weighted by Crippen LogP contribution is -2.56. The van der Waals surface area contributed by atoms with Crippen LogP contribution in [0.5, 0.6) is 11.5 Å². The fraction of sp³-hybridized carbons (Fsp3) is 0.286. The van der Waals surface area contributed by atoms with E-state index in [-0.39, 0.29) is 5.75 Å². The van der Waals surface area contributed by atoms with Crippen molar-refractivity contribution >= 4 is 16.8 Å². The van der Waals surface area contributed by atoms with Crippen molar-refractivity contribution in [3.8, 4) is 11.5 Å². The molecular formula is C14H7F7O5. The van der Waals surface area contributed by atoms with E-state index in [1.54, 1.807) is 0 Å². The van der Waals surface area contributed by atoms with E-state index in [1.165, 1.54) is 7.11 Å². The predicted octanol–water partition coefficient (Wildman–Crippen LogP) is 3.52. The van der Waals surface area contributed by atoms with Crippen molar-refractivity contribution in [3.63, 3.8) is 0 Å². The SMILES string of the molecule is COc1ccc2c(O)c(C(=O)C(F)(F)C(F)(F)C(F)(F)F)c(=O)oc2c1. The van der Waals surface area contributed by atoms with Gasteiger partial charge >= 0.3 is 23.6 Å². The van der Waals surface area contributed by atoms with E-state index in [9.17, 15) is 45.4 Å². The summed E-state index contributed by atoms with van der Waals surface area (Å²) in [6, 6.07) is 3.04. The van der Waals surface area contributed by atoms with Crippen LogP contribution >= 0.6 is 0 Å². The molecule has 26 heavy (non-hydrogen) atoms. The summed E-state index contributed by atoms with van der Waals surface area (Å²) in [7, 11) is 1.21. The van der Waals surface area contributed by atoms with Gasteiger partial charge in [-0.15, -0.1) is 0 Å². The average Bonchev–Trinajstić information content (AvgIpc) is 2.52. The molecule has 0 aliphatic heterocycles. The van der Waals surface area contributed by atoms with Crippen molar-refractivity contribution in [3.05, 3.63) is 34.2 Å². The van der Waals surface area contributed by atoms with Gasteiger partial charge in [0.25, 0.3) is 0 Å².